The molecule has 2 saturated heterocycles. The molecule has 0 bridgehead atoms. The number of fused-ring (bicyclic) bond motifs is 2. The highest BCUT2D eigenvalue weighted by molar-refractivity contribution is 6.05. The van der Waals surface area contributed by atoms with E-state index in [1.54, 1.807) is 4.90 Å². The van der Waals surface area contributed by atoms with Gasteiger partial charge < -0.3 is 15.5 Å². The summed E-state index contributed by atoms with van der Waals surface area (Å²) in [6, 6.07) is 6.61. The van der Waals surface area contributed by atoms with Crippen LogP contribution in [0.4, 0.5) is 0 Å². The molecule has 148 valence electrons. The fraction of sp³-hybridized carbons (Fsp3) is 0.571. The summed E-state index contributed by atoms with van der Waals surface area (Å²) in [5.41, 5.74) is 2.74. The SMILES string of the molecule is O=C1CCC(N2Cc3ccc(CNC4C5CCCCNC54)cc3C2=O)C(=O)N1. The summed E-state index contributed by atoms with van der Waals surface area (Å²) in [6.07, 6.45) is 4.55. The molecule has 4 aliphatic rings. The summed E-state index contributed by atoms with van der Waals surface area (Å²) < 4.78 is 0. The Morgan fingerprint density at radius 1 is 1.14 bits per heavy atom. The van der Waals surface area contributed by atoms with Crippen LogP contribution in [-0.4, -0.2) is 47.3 Å². The zero-order valence-electron chi connectivity index (χ0n) is 15.9. The second-order valence-electron chi connectivity index (χ2n) is 8.44. The van der Waals surface area contributed by atoms with E-state index in [0.717, 1.165) is 30.1 Å². The van der Waals surface area contributed by atoms with Crippen LogP contribution in [0.25, 0.3) is 0 Å². The molecule has 0 radical (unpaired) electrons. The van der Waals surface area contributed by atoms with E-state index in [-0.39, 0.29) is 24.1 Å². The van der Waals surface area contributed by atoms with Gasteiger partial charge in [-0.2, -0.15) is 0 Å². The molecule has 3 heterocycles. The number of hydrogen-bond acceptors (Lipinski definition) is 5. The summed E-state index contributed by atoms with van der Waals surface area (Å²) in [6.45, 7) is 2.30. The molecular weight excluding hydrogens is 356 g/mol. The number of rotatable bonds is 4. The average Bonchev–Trinajstić information content (AvgIpc) is 3.32. The maximum Gasteiger partial charge on any atom is 0.255 e. The molecule has 3 amide bonds. The Bertz CT molecular complexity index is 827. The summed E-state index contributed by atoms with van der Waals surface area (Å²) in [4.78, 5) is 38.0. The van der Waals surface area contributed by atoms with Crippen molar-refractivity contribution in [1.82, 2.24) is 20.9 Å². The lowest BCUT2D eigenvalue weighted by molar-refractivity contribution is -0.136. The molecule has 5 rings (SSSR count). The van der Waals surface area contributed by atoms with Crippen molar-refractivity contribution in [2.24, 2.45) is 5.92 Å². The molecule has 3 fully saturated rings. The lowest BCUT2D eigenvalue weighted by Gasteiger charge is -2.29. The second kappa shape index (κ2) is 6.97. The monoisotopic (exact) mass is 382 g/mol. The molecule has 3 N–H and O–H groups in total. The minimum Gasteiger partial charge on any atom is -0.322 e. The van der Waals surface area contributed by atoms with Gasteiger partial charge in [-0.15, -0.1) is 0 Å². The highest BCUT2D eigenvalue weighted by atomic mass is 16.2. The third kappa shape index (κ3) is 3.12. The van der Waals surface area contributed by atoms with Crippen molar-refractivity contribution in [2.45, 2.75) is 63.3 Å². The van der Waals surface area contributed by atoms with Crippen molar-refractivity contribution in [3.63, 3.8) is 0 Å². The van der Waals surface area contributed by atoms with Gasteiger partial charge in [-0.05, 0) is 48.9 Å². The van der Waals surface area contributed by atoms with Gasteiger partial charge in [-0.3, -0.25) is 19.7 Å². The van der Waals surface area contributed by atoms with E-state index < -0.39 is 6.04 Å². The van der Waals surface area contributed by atoms with Gasteiger partial charge in [0, 0.05) is 37.2 Å². The van der Waals surface area contributed by atoms with Crippen LogP contribution < -0.4 is 16.0 Å². The number of amides is 3. The van der Waals surface area contributed by atoms with E-state index in [4.69, 9.17) is 0 Å². The van der Waals surface area contributed by atoms with Crippen molar-refractivity contribution < 1.29 is 14.4 Å². The average molecular weight is 382 g/mol. The number of piperidine rings is 1. The number of nitrogens with one attached hydrogen (secondary N) is 3. The number of benzene rings is 1. The Morgan fingerprint density at radius 3 is 2.89 bits per heavy atom. The first-order valence-corrected chi connectivity index (χ1v) is 10.3. The second-order valence-corrected chi connectivity index (χ2v) is 8.44. The van der Waals surface area contributed by atoms with Gasteiger partial charge in [0.05, 0.1) is 0 Å². The number of imide groups is 1. The lowest BCUT2D eigenvalue weighted by atomic mass is 10.0. The molecule has 1 saturated carbocycles. The highest BCUT2D eigenvalue weighted by Crippen LogP contribution is 2.38. The van der Waals surface area contributed by atoms with Gasteiger partial charge in [-0.25, -0.2) is 0 Å². The van der Waals surface area contributed by atoms with E-state index in [0.29, 0.717) is 30.6 Å². The smallest absolute Gasteiger partial charge is 0.255 e. The van der Waals surface area contributed by atoms with Crippen LogP contribution in [0.2, 0.25) is 0 Å². The Kier molecular flexibility index (Phi) is 4.44. The molecule has 28 heavy (non-hydrogen) atoms. The van der Waals surface area contributed by atoms with Gasteiger partial charge >= 0.3 is 0 Å². The molecule has 7 heteroatoms. The molecule has 0 spiro atoms. The Hall–Kier alpha value is -2.25. The van der Waals surface area contributed by atoms with Crippen LogP contribution in [0.15, 0.2) is 18.2 Å². The summed E-state index contributed by atoms with van der Waals surface area (Å²) in [7, 11) is 0. The molecule has 1 aromatic carbocycles. The first-order valence-electron chi connectivity index (χ1n) is 10.3. The van der Waals surface area contributed by atoms with Crippen molar-refractivity contribution >= 4 is 17.7 Å². The highest BCUT2D eigenvalue weighted by Gasteiger charge is 2.49. The zero-order valence-corrected chi connectivity index (χ0v) is 15.9. The van der Waals surface area contributed by atoms with Crippen molar-refractivity contribution in [3.8, 4) is 0 Å². The molecule has 1 aromatic rings. The minimum absolute atomic E-state index is 0.107. The number of hydrogen-bond donors (Lipinski definition) is 3. The van der Waals surface area contributed by atoms with E-state index in [1.807, 2.05) is 12.1 Å². The lowest BCUT2D eigenvalue weighted by Crippen LogP contribution is -2.52. The van der Waals surface area contributed by atoms with Crippen LogP contribution in [-0.2, 0) is 22.7 Å². The Morgan fingerprint density at radius 2 is 2.04 bits per heavy atom. The molecule has 7 nitrogen and oxygen atoms in total. The predicted octanol–water partition coefficient (Wildman–Crippen LogP) is 0.678. The normalized spacial score (nSPS) is 31.9. The maximum atomic E-state index is 12.9. The Labute approximate surface area is 164 Å². The molecule has 0 aromatic heterocycles. The summed E-state index contributed by atoms with van der Waals surface area (Å²) >= 11 is 0. The van der Waals surface area contributed by atoms with Crippen molar-refractivity contribution in [2.75, 3.05) is 6.54 Å². The maximum absolute atomic E-state index is 12.9. The van der Waals surface area contributed by atoms with Crippen LogP contribution in [0.3, 0.4) is 0 Å². The van der Waals surface area contributed by atoms with Gasteiger partial charge in [0.25, 0.3) is 5.91 Å². The molecule has 1 aliphatic carbocycles. The van der Waals surface area contributed by atoms with E-state index in [9.17, 15) is 14.4 Å². The van der Waals surface area contributed by atoms with Crippen LogP contribution >= 0.6 is 0 Å². The minimum atomic E-state index is -0.552. The third-order valence-corrected chi connectivity index (χ3v) is 6.65. The summed E-state index contributed by atoms with van der Waals surface area (Å²) in [5, 5.41) is 9.61. The fourth-order valence-corrected chi connectivity index (χ4v) is 5.01. The topological polar surface area (TPSA) is 90.5 Å². The van der Waals surface area contributed by atoms with E-state index in [2.05, 4.69) is 22.0 Å². The number of nitrogens with zero attached hydrogens (tertiary/aromatic N) is 1. The van der Waals surface area contributed by atoms with Crippen LogP contribution in [0, 0.1) is 5.92 Å². The third-order valence-electron chi connectivity index (χ3n) is 6.65. The van der Waals surface area contributed by atoms with E-state index in [1.165, 1.54) is 19.3 Å². The van der Waals surface area contributed by atoms with Crippen LogP contribution in [0.5, 0.6) is 0 Å². The first-order chi connectivity index (χ1) is 13.6. The van der Waals surface area contributed by atoms with Gasteiger partial charge in [0.15, 0.2) is 0 Å². The Balaban J connectivity index is 1.24. The van der Waals surface area contributed by atoms with Crippen LogP contribution in [0.1, 0.15) is 53.6 Å². The largest absolute Gasteiger partial charge is 0.322 e. The zero-order chi connectivity index (χ0) is 19.3. The number of carbonyl (C=O) groups is 3. The number of carbonyl (C=O) groups excluding carboxylic acids is 3. The van der Waals surface area contributed by atoms with Gasteiger partial charge in [0.2, 0.25) is 11.8 Å². The summed E-state index contributed by atoms with van der Waals surface area (Å²) in [5.74, 6) is 0.00910. The molecule has 4 atom stereocenters. The molecule has 4 unspecified atom stereocenters. The van der Waals surface area contributed by atoms with Gasteiger partial charge in [0.1, 0.15) is 6.04 Å². The van der Waals surface area contributed by atoms with E-state index >= 15 is 0 Å². The van der Waals surface area contributed by atoms with Crippen molar-refractivity contribution in [3.05, 3.63) is 34.9 Å². The quantitative estimate of drug-likeness (QED) is 0.666. The predicted molar refractivity (Wildman–Crippen MR) is 102 cm³/mol. The standard InChI is InChI=1S/C21H26N4O3/c26-17-7-6-16(20(27)24-17)25-11-13-5-4-12(9-15(13)21(25)28)10-23-19-14-3-1-2-8-22-18(14)19/h4-5,9,14,16,18-19,22-23H,1-3,6-8,10-11H2,(H,24,26,27). The van der Waals surface area contributed by atoms with Crippen molar-refractivity contribution in [1.29, 1.82) is 0 Å². The molecular formula is C21H26N4O3. The molecule has 3 aliphatic heterocycles. The first kappa shape index (κ1) is 17.8. The van der Waals surface area contributed by atoms with Gasteiger partial charge in [-0.1, -0.05) is 18.6 Å². The fourth-order valence-electron chi connectivity index (χ4n) is 5.01.